The minimum Gasteiger partial charge on any atom is -0.478 e. The molecule has 18 nitrogen and oxygen atoms in total. The van der Waals surface area contributed by atoms with Crippen LogP contribution >= 0.6 is 11.6 Å². The predicted molar refractivity (Wildman–Crippen MR) is 267 cm³/mol. The minimum atomic E-state index is -0.766. The Morgan fingerprint density at radius 2 is 1.66 bits per heavy atom. The molecule has 20 heteroatoms. The average Bonchev–Trinajstić information content (AvgIpc) is 3.69. The fraction of sp³-hybridized carbons (Fsp3) is 0.549. The highest BCUT2D eigenvalue weighted by molar-refractivity contribution is 6.33. The van der Waals surface area contributed by atoms with Gasteiger partial charge in [-0.15, -0.1) is 0 Å². The summed E-state index contributed by atoms with van der Waals surface area (Å²) in [5, 5.41) is 9.30. The van der Waals surface area contributed by atoms with E-state index in [-0.39, 0.29) is 79.1 Å². The van der Waals surface area contributed by atoms with Crippen molar-refractivity contribution in [2.45, 2.75) is 102 Å². The second-order valence-corrected chi connectivity index (χ2v) is 20.6. The van der Waals surface area contributed by atoms with Crippen LogP contribution in [0.5, 0.6) is 5.75 Å². The van der Waals surface area contributed by atoms with Crippen molar-refractivity contribution in [3.05, 3.63) is 74.9 Å². The van der Waals surface area contributed by atoms with E-state index in [1.807, 2.05) is 32.0 Å². The molecule has 4 aromatic rings. The number of carbonyl (C=O) groups is 4. The number of nitrogens with one attached hydrogen (secondary N) is 3. The zero-order valence-corrected chi connectivity index (χ0v) is 41.4. The number of amides is 4. The van der Waals surface area contributed by atoms with Gasteiger partial charge in [0.25, 0.3) is 17.4 Å². The van der Waals surface area contributed by atoms with Gasteiger partial charge in [-0.3, -0.25) is 34.2 Å². The molecule has 1 saturated carbocycles. The van der Waals surface area contributed by atoms with Crippen LogP contribution in [0.1, 0.15) is 87.2 Å². The first-order valence-electron chi connectivity index (χ1n) is 25.2. The topological polar surface area (TPSA) is 187 Å². The third-order valence-electron chi connectivity index (χ3n) is 15.4. The van der Waals surface area contributed by atoms with Crippen molar-refractivity contribution in [1.82, 2.24) is 39.9 Å². The van der Waals surface area contributed by atoms with E-state index in [4.69, 9.17) is 26.1 Å². The monoisotopic (exact) mass is 995 g/mol. The molecule has 0 bridgehead atoms. The van der Waals surface area contributed by atoms with Gasteiger partial charge in [-0.2, -0.15) is 4.98 Å². The standard InChI is InChI=1S/C51H63ClFN11O7/c1-30(2)64-40-6-4-33(22-32(40)23-43(50(64)69)70-29-45(66)54-3)56-47-39(52)26-55-51(58-47)62-16-12-35(13-17-62)71-36-24-34(25-36)60-20-18-59(19-21-60)27-31-10-14-61(15-11-31)41-7-5-37-38(46(41)53)28-63(49(37)68)42-8-9-44(65)57-48(42)67/h4-7,22-23,26,30-31,34-36,42H,8-21,24-25,27-29H2,1-3H3,(H,54,66)(H,55,56,58)(H,57,65,67)/t34?,36?,42-/m1/s1. The third-order valence-corrected chi connectivity index (χ3v) is 15.6. The number of rotatable bonds is 14. The third kappa shape index (κ3) is 10.3. The lowest BCUT2D eigenvalue weighted by Gasteiger charge is -2.48. The number of nitrogens with zero attached hydrogens (tertiary/aromatic N) is 8. The van der Waals surface area contributed by atoms with Gasteiger partial charge in [0.2, 0.25) is 17.8 Å². The maximum Gasteiger partial charge on any atom is 0.293 e. The van der Waals surface area contributed by atoms with E-state index in [0.717, 1.165) is 114 Å². The first-order valence-corrected chi connectivity index (χ1v) is 25.6. The first-order chi connectivity index (χ1) is 34.3. The van der Waals surface area contributed by atoms with Crippen molar-refractivity contribution in [2.75, 3.05) is 87.7 Å². The van der Waals surface area contributed by atoms with E-state index in [9.17, 15) is 24.0 Å². The van der Waals surface area contributed by atoms with Crippen LogP contribution in [-0.4, -0.2) is 150 Å². The lowest BCUT2D eigenvalue weighted by atomic mass is 9.87. The van der Waals surface area contributed by atoms with Crippen LogP contribution in [0.3, 0.4) is 0 Å². The average molecular weight is 997 g/mol. The highest BCUT2D eigenvalue weighted by Crippen LogP contribution is 2.37. The molecule has 6 aliphatic rings. The maximum atomic E-state index is 16.0. The second kappa shape index (κ2) is 20.7. The number of hydrogen-bond donors (Lipinski definition) is 3. The van der Waals surface area contributed by atoms with E-state index in [2.05, 4.69) is 40.5 Å². The lowest BCUT2D eigenvalue weighted by Crippen LogP contribution is -2.56. The van der Waals surface area contributed by atoms with Gasteiger partial charge in [0, 0.05) is 107 Å². The summed E-state index contributed by atoms with van der Waals surface area (Å²) in [6.07, 6.45) is 8.33. The zero-order chi connectivity index (χ0) is 49.5. The molecule has 1 aliphatic carbocycles. The molecular formula is C51H63ClFN11O7. The van der Waals surface area contributed by atoms with Crippen LogP contribution in [0.25, 0.3) is 10.9 Å². The van der Waals surface area contributed by atoms with E-state index in [0.29, 0.717) is 45.6 Å². The number of ether oxygens (including phenoxy) is 2. The van der Waals surface area contributed by atoms with Crippen molar-refractivity contribution >= 4 is 69.3 Å². The van der Waals surface area contributed by atoms with Gasteiger partial charge in [-0.25, -0.2) is 9.37 Å². The molecule has 5 fully saturated rings. The van der Waals surface area contributed by atoms with Gasteiger partial charge < -0.3 is 44.3 Å². The number of likely N-dealkylation sites (N-methyl/N-ethyl adjacent to an activating group) is 1. The van der Waals surface area contributed by atoms with Gasteiger partial charge in [-0.05, 0) is 101 Å². The molecule has 0 radical (unpaired) electrons. The summed E-state index contributed by atoms with van der Waals surface area (Å²) < 4.78 is 29.9. The number of imide groups is 1. The van der Waals surface area contributed by atoms with Crippen molar-refractivity contribution < 1.29 is 33.0 Å². The summed E-state index contributed by atoms with van der Waals surface area (Å²) >= 11 is 6.62. The molecule has 4 saturated heterocycles. The van der Waals surface area contributed by atoms with Crippen LogP contribution in [0.4, 0.5) is 27.5 Å². The van der Waals surface area contributed by atoms with Crippen molar-refractivity contribution in [3.63, 3.8) is 0 Å². The Bertz CT molecular complexity index is 2750. The molecule has 71 heavy (non-hydrogen) atoms. The number of pyridine rings is 1. The SMILES string of the molecule is CNC(=O)COc1cc2cc(Nc3nc(N4CCC(OC5CC(N6CCN(CC7CCN(c8ccc9c(c8F)CN([C@@H]8CCC(=O)NC8=O)C9=O)CC7)CC6)C5)CC4)ncc3Cl)ccc2n(C(C)C)c1=O. The number of halogens is 2. The number of fused-ring (bicyclic) bond motifs is 2. The van der Waals surface area contributed by atoms with Crippen molar-refractivity contribution in [1.29, 1.82) is 0 Å². The Balaban J connectivity index is 0.644. The molecule has 7 heterocycles. The van der Waals surface area contributed by atoms with E-state index >= 15 is 4.39 Å². The molecule has 0 spiro atoms. The largest absolute Gasteiger partial charge is 0.478 e. The Labute approximate surface area is 417 Å². The number of aromatic nitrogens is 3. The Kier molecular flexibility index (Phi) is 14.2. The molecule has 4 amide bonds. The summed E-state index contributed by atoms with van der Waals surface area (Å²) in [5.74, 6) is -0.211. The fourth-order valence-electron chi connectivity index (χ4n) is 11.2. The number of carbonyl (C=O) groups excluding carboxylic acids is 4. The van der Waals surface area contributed by atoms with Gasteiger partial charge in [0.05, 0.1) is 36.2 Å². The van der Waals surface area contributed by atoms with Crippen LogP contribution in [0, 0.1) is 11.7 Å². The number of hydrogen-bond acceptors (Lipinski definition) is 14. The molecule has 2 aromatic heterocycles. The van der Waals surface area contributed by atoms with Crippen molar-refractivity contribution in [3.8, 4) is 5.75 Å². The van der Waals surface area contributed by atoms with Gasteiger partial charge >= 0.3 is 0 Å². The minimum absolute atomic E-state index is 0.0344. The quantitative estimate of drug-likeness (QED) is 0.146. The number of piperazine rings is 1. The molecular weight excluding hydrogens is 933 g/mol. The molecule has 10 rings (SSSR count). The number of anilines is 4. The highest BCUT2D eigenvalue weighted by atomic mass is 35.5. The van der Waals surface area contributed by atoms with E-state index < -0.39 is 11.9 Å². The molecule has 1 atom stereocenters. The molecule has 5 aliphatic heterocycles. The van der Waals surface area contributed by atoms with E-state index in [1.54, 1.807) is 29.0 Å². The Hall–Kier alpha value is -5.89. The highest BCUT2D eigenvalue weighted by Gasteiger charge is 2.42. The van der Waals surface area contributed by atoms with Crippen LogP contribution in [0.2, 0.25) is 5.02 Å². The summed E-state index contributed by atoms with van der Waals surface area (Å²) in [4.78, 5) is 82.7. The van der Waals surface area contributed by atoms with Crippen LogP contribution in [0.15, 0.2) is 47.4 Å². The van der Waals surface area contributed by atoms with Gasteiger partial charge in [0.15, 0.2) is 24.0 Å². The number of benzene rings is 2. The smallest absolute Gasteiger partial charge is 0.293 e. The first kappa shape index (κ1) is 48.7. The summed E-state index contributed by atoms with van der Waals surface area (Å²) in [6, 6.07) is 10.4. The second-order valence-electron chi connectivity index (χ2n) is 20.2. The maximum absolute atomic E-state index is 16.0. The molecule has 3 N–H and O–H groups in total. The predicted octanol–water partition coefficient (Wildman–Crippen LogP) is 4.84. The fourth-order valence-corrected chi connectivity index (χ4v) is 11.4. The lowest BCUT2D eigenvalue weighted by molar-refractivity contribution is -0.137. The van der Waals surface area contributed by atoms with E-state index in [1.165, 1.54) is 11.9 Å². The molecule has 0 unspecified atom stereocenters. The summed E-state index contributed by atoms with van der Waals surface area (Å²) in [6.45, 7) is 11.9. The molecule has 378 valence electrons. The number of piperidine rings is 3. The summed E-state index contributed by atoms with van der Waals surface area (Å²) in [5.41, 5.74) is 2.31. The zero-order valence-electron chi connectivity index (χ0n) is 40.6. The van der Waals surface area contributed by atoms with Gasteiger partial charge in [-0.1, -0.05) is 11.6 Å². The Morgan fingerprint density at radius 3 is 2.38 bits per heavy atom. The Morgan fingerprint density at radius 1 is 0.915 bits per heavy atom. The van der Waals surface area contributed by atoms with Crippen molar-refractivity contribution in [2.24, 2.45) is 5.92 Å². The van der Waals surface area contributed by atoms with Crippen LogP contribution < -0.4 is 36.0 Å². The normalized spacial score (nSPS) is 22.8. The summed E-state index contributed by atoms with van der Waals surface area (Å²) in [7, 11) is 1.52. The molecule has 2 aromatic carbocycles. The van der Waals surface area contributed by atoms with Gasteiger partial charge in [0.1, 0.15) is 11.1 Å². The van der Waals surface area contributed by atoms with Crippen LogP contribution in [-0.2, 0) is 25.7 Å².